The van der Waals surface area contributed by atoms with Gasteiger partial charge in [0.25, 0.3) is 5.91 Å². The van der Waals surface area contributed by atoms with Crippen LogP contribution in [0.5, 0.6) is 5.75 Å². The molecule has 0 aromatic heterocycles. The van der Waals surface area contributed by atoms with Crippen molar-refractivity contribution in [2.75, 3.05) is 31.5 Å². The van der Waals surface area contributed by atoms with E-state index in [2.05, 4.69) is 39.4 Å². The van der Waals surface area contributed by atoms with E-state index in [1.54, 1.807) is 6.07 Å². The number of halogens is 3. The van der Waals surface area contributed by atoms with Gasteiger partial charge in [-0.3, -0.25) is 14.6 Å². The average molecular weight is 580 g/mol. The van der Waals surface area contributed by atoms with Crippen molar-refractivity contribution in [2.24, 2.45) is 0 Å². The van der Waals surface area contributed by atoms with Gasteiger partial charge in [-0.15, -0.1) is 0 Å². The maximum atomic E-state index is 12.9. The Balaban J connectivity index is 0.000000517. The Hall–Kier alpha value is -4.41. The number of hydrogen-bond acceptors (Lipinski definition) is 5. The van der Waals surface area contributed by atoms with Crippen molar-refractivity contribution < 1.29 is 33.0 Å². The van der Waals surface area contributed by atoms with E-state index in [-0.39, 0.29) is 5.91 Å². The first-order valence-corrected chi connectivity index (χ1v) is 13.5. The molecule has 42 heavy (non-hydrogen) atoms. The van der Waals surface area contributed by atoms with Crippen molar-refractivity contribution >= 4 is 28.3 Å². The summed E-state index contributed by atoms with van der Waals surface area (Å²) < 4.78 is 31.7. The molecule has 1 amide bonds. The maximum absolute atomic E-state index is 12.9. The standard InChI is InChI=1S/C30H31N3O2.C2HF3O2/c34-29-11-4-7-24(19-29)22-33-15-5-14-32(16-17-33)21-23-6-3-10-28(18-23)31-30(35)27-13-12-25-8-1-2-9-26(25)20-27;3-2(4,5)1(6)7/h1-4,6-13,18-20,34H,5,14-17,21-22H2,(H,31,35);(H,6,7). The molecular weight excluding hydrogens is 547 g/mol. The number of benzene rings is 4. The number of hydrogen-bond donors (Lipinski definition) is 3. The Labute approximate surface area is 241 Å². The summed E-state index contributed by atoms with van der Waals surface area (Å²) in [6.07, 6.45) is -3.97. The van der Waals surface area contributed by atoms with Gasteiger partial charge in [0.1, 0.15) is 5.75 Å². The average Bonchev–Trinajstić information content (AvgIpc) is 3.17. The van der Waals surface area contributed by atoms with Crippen LogP contribution in [0.25, 0.3) is 10.8 Å². The first kappa shape index (κ1) is 30.5. The van der Waals surface area contributed by atoms with Crippen LogP contribution < -0.4 is 5.32 Å². The van der Waals surface area contributed by atoms with Crippen molar-refractivity contribution in [2.45, 2.75) is 25.7 Å². The summed E-state index contributed by atoms with van der Waals surface area (Å²) in [5.74, 6) is -2.52. The Morgan fingerprint density at radius 3 is 1.95 bits per heavy atom. The van der Waals surface area contributed by atoms with Gasteiger partial charge in [0, 0.05) is 37.4 Å². The number of aromatic hydroxyl groups is 1. The van der Waals surface area contributed by atoms with Crippen LogP contribution in [-0.4, -0.2) is 64.2 Å². The number of carboxylic acid groups (broad SMARTS) is 1. The lowest BCUT2D eigenvalue weighted by atomic mass is 10.1. The molecule has 1 fully saturated rings. The van der Waals surface area contributed by atoms with Crippen molar-refractivity contribution in [3.8, 4) is 5.75 Å². The first-order valence-electron chi connectivity index (χ1n) is 13.5. The van der Waals surface area contributed by atoms with Crippen molar-refractivity contribution in [3.63, 3.8) is 0 Å². The molecule has 1 aliphatic rings. The van der Waals surface area contributed by atoms with E-state index in [4.69, 9.17) is 9.90 Å². The molecule has 5 rings (SSSR count). The molecule has 3 N–H and O–H groups in total. The molecule has 4 aromatic carbocycles. The second-order valence-electron chi connectivity index (χ2n) is 10.1. The molecule has 1 saturated heterocycles. The number of fused-ring (bicyclic) bond motifs is 1. The molecule has 220 valence electrons. The van der Waals surface area contributed by atoms with Gasteiger partial charge in [-0.2, -0.15) is 13.2 Å². The van der Waals surface area contributed by atoms with Crippen LogP contribution >= 0.6 is 0 Å². The Kier molecular flexibility index (Phi) is 10.2. The Bertz CT molecular complexity index is 1530. The quantitative estimate of drug-likeness (QED) is 0.254. The minimum Gasteiger partial charge on any atom is -0.508 e. The predicted molar refractivity (Wildman–Crippen MR) is 155 cm³/mol. The molecule has 0 unspecified atom stereocenters. The third-order valence-corrected chi connectivity index (χ3v) is 6.84. The van der Waals surface area contributed by atoms with Gasteiger partial charge >= 0.3 is 12.1 Å². The molecule has 4 aromatic rings. The highest BCUT2D eigenvalue weighted by molar-refractivity contribution is 6.06. The normalized spacial score (nSPS) is 14.5. The fraction of sp³-hybridized carbons (Fsp3) is 0.250. The van der Waals surface area contributed by atoms with Crippen LogP contribution in [0.3, 0.4) is 0 Å². The number of carboxylic acids is 1. The molecule has 0 spiro atoms. The number of nitrogens with one attached hydrogen (secondary N) is 1. The van der Waals surface area contributed by atoms with Gasteiger partial charge in [-0.25, -0.2) is 4.79 Å². The van der Waals surface area contributed by atoms with Gasteiger partial charge in [0.05, 0.1) is 0 Å². The zero-order chi connectivity index (χ0) is 30.1. The van der Waals surface area contributed by atoms with Crippen LogP contribution in [0.1, 0.15) is 27.9 Å². The lowest BCUT2D eigenvalue weighted by Gasteiger charge is -2.22. The number of anilines is 1. The van der Waals surface area contributed by atoms with Gasteiger partial charge in [-0.1, -0.05) is 54.6 Å². The number of carbonyl (C=O) groups excluding carboxylic acids is 1. The molecular formula is C32H32F3N3O4. The van der Waals surface area contributed by atoms with Crippen molar-refractivity contribution in [1.82, 2.24) is 9.80 Å². The number of nitrogens with zero attached hydrogens (tertiary/aromatic N) is 2. The minimum absolute atomic E-state index is 0.0923. The highest BCUT2D eigenvalue weighted by Crippen LogP contribution is 2.20. The topological polar surface area (TPSA) is 93.1 Å². The molecule has 10 heteroatoms. The fourth-order valence-corrected chi connectivity index (χ4v) is 4.79. The number of rotatable bonds is 6. The molecule has 0 aliphatic carbocycles. The van der Waals surface area contributed by atoms with Crippen molar-refractivity contribution in [3.05, 3.63) is 108 Å². The van der Waals surface area contributed by atoms with E-state index >= 15 is 0 Å². The molecule has 0 saturated carbocycles. The number of phenolic OH excluding ortho intramolecular Hbond substituents is 1. The highest BCUT2D eigenvalue weighted by Gasteiger charge is 2.38. The SMILES string of the molecule is O=C(Nc1cccc(CN2CCCN(Cc3cccc(O)c3)CC2)c1)c1ccc2ccccc2c1.O=C(O)C(F)(F)F. The largest absolute Gasteiger partial charge is 0.508 e. The molecule has 0 bridgehead atoms. The molecule has 0 atom stereocenters. The minimum atomic E-state index is -5.08. The van der Waals surface area contributed by atoms with Crippen LogP contribution in [0.15, 0.2) is 91.0 Å². The number of aliphatic carboxylic acids is 1. The van der Waals surface area contributed by atoms with Crippen LogP contribution in [0, 0.1) is 0 Å². The summed E-state index contributed by atoms with van der Waals surface area (Å²) in [4.78, 5) is 26.7. The smallest absolute Gasteiger partial charge is 0.490 e. The fourth-order valence-electron chi connectivity index (χ4n) is 4.79. The van der Waals surface area contributed by atoms with Crippen LogP contribution in [-0.2, 0) is 17.9 Å². The Morgan fingerprint density at radius 1 is 0.738 bits per heavy atom. The van der Waals surface area contributed by atoms with Gasteiger partial charge in [0.2, 0.25) is 0 Å². The summed E-state index contributed by atoms with van der Waals surface area (Å²) in [5.41, 5.74) is 3.82. The summed E-state index contributed by atoms with van der Waals surface area (Å²) in [6.45, 7) is 5.80. The first-order chi connectivity index (χ1) is 20.1. The summed E-state index contributed by atoms with van der Waals surface area (Å²) in [5, 5.41) is 22.1. The monoisotopic (exact) mass is 579 g/mol. The Morgan fingerprint density at radius 2 is 1.33 bits per heavy atom. The summed E-state index contributed by atoms with van der Waals surface area (Å²) in [6, 6.07) is 29.6. The number of phenols is 1. The number of carbonyl (C=O) groups is 2. The summed E-state index contributed by atoms with van der Waals surface area (Å²) >= 11 is 0. The van der Waals surface area contributed by atoms with E-state index in [9.17, 15) is 23.1 Å². The van der Waals surface area contributed by atoms with Gasteiger partial charge in [0.15, 0.2) is 0 Å². The molecule has 1 heterocycles. The van der Waals surface area contributed by atoms with E-state index < -0.39 is 12.1 Å². The van der Waals surface area contributed by atoms with Crippen LogP contribution in [0.4, 0.5) is 18.9 Å². The van der Waals surface area contributed by atoms with Gasteiger partial charge < -0.3 is 15.5 Å². The predicted octanol–water partition coefficient (Wildman–Crippen LogP) is 6.14. The molecule has 0 radical (unpaired) electrons. The number of alkyl halides is 3. The third-order valence-electron chi connectivity index (χ3n) is 6.84. The van der Waals surface area contributed by atoms with Crippen LogP contribution in [0.2, 0.25) is 0 Å². The number of amides is 1. The second kappa shape index (κ2) is 14.0. The molecule has 7 nitrogen and oxygen atoms in total. The van der Waals surface area contributed by atoms with Gasteiger partial charge in [-0.05, 0) is 77.8 Å². The molecule has 1 aliphatic heterocycles. The maximum Gasteiger partial charge on any atom is 0.490 e. The van der Waals surface area contributed by atoms with E-state index in [0.717, 1.165) is 67.7 Å². The summed E-state index contributed by atoms with van der Waals surface area (Å²) in [7, 11) is 0. The zero-order valence-corrected chi connectivity index (χ0v) is 22.8. The highest BCUT2D eigenvalue weighted by atomic mass is 19.4. The third kappa shape index (κ3) is 9.05. The zero-order valence-electron chi connectivity index (χ0n) is 22.8. The lowest BCUT2D eigenvalue weighted by Crippen LogP contribution is -2.30. The van der Waals surface area contributed by atoms with Crippen molar-refractivity contribution in [1.29, 1.82) is 0 Å². The second-order valence-corrected chi connectivity index (χ2v) is 10.1. The lowest BCUT2D eigenvalue weighted by molar-refractivity contribution is -0.192. The van der Waals surface area contributed by atoms with E-state index in [1.807, 2.05) is 60.7 Å². The van der Waals surface area contributed by atoms with E-state index in [1.165, 1.54) is 5.56 Å². The van der Waals surface area contributed by atoms with E-state index in [0.29, 0.717) is 11.3 Å².